The molecule has 0 atom stereocenters. The van der Waals surface area contributed by atoms with Gasteiger partial charge < -0.3 is 9.47 Å². The number of hydrogen-bond donors (Lipinski definition) is 0. The van der Waals surface area contributed by atoms with Crippen LogP contribution >= 0.6 is 0 Å². The van der Waals surface area contributed by atoms with Crippen LogP contribution in [0.4, 0.5) is 0 Å². The first-order chi connectivity index (χ1) is 12.2. The predicted molar refractivity (Wildman–Crippen MR) is 105 cm³/mol. The second-order valence-electron chi connectivity index (χ2n) is 6.61. The van der Waals surface area contributed by atoms with Gasteiger partial charge in [0.05, 0.1) is 13.2 Å². The minimum Gasteiger partial charge on any atom is -0.492 e. The third-order valence-corrected chi connectivity index (χ3v) is 4.33. The van der Waals surface area contributed by atoms with Crippen molar-refractivity contribution in [2.45, 2.75) is 85.5 Å². The second kappa shape index (κ2) is 12.8. The summed E-state index contributed by atoms with van der Waals surface area (Å²) < 4.78 is 11.4. The van der Waals surface area contributed by atoms with Gasteiger partial charge in [-0.05, 0) is 56.2 Å². The van der Waals surface area contributed by atoms with E-state index in [1.807, 2.05) is 13.0 Å². The third-order valence-electron chi connectivity index (χ3n) is 4.33. The average Bonchev–Trinajstić information content (AvgIpc) is 2.62. The van der Waals surface area contributed by atoms with Gasteiger partial charge in [-0.25, -0.2) is 4.79 Å². The zero-order valence-corrected chi connectivity index (χ0v) is 16.7. The van der Waals surface area contributed by atoms with Crippen LogP contribution in [0, 0.1) is 0 Å². The van der Waals surface area contributed by atoms with E-state index in [1.54, 1.807) is 0 Å². The van der Waals surface area contributed by atoms with Crippen molar-refractivity contribution in [3.8, 4) is 5.75 Å². The minimum absolute atomic E-state index is 0.260. The molecule has 0 saturated heterocycles. The lowest BCUT2D eigenvalue weighted by atomic mass is 9.97. The van der Waals surface area contributed by atoms with Crippen LogP contribution < -0.4 is 4.74 Å². The van der Waals surface area contributed by atoms with Crippen LogP contribution in [0.15, 0.2) is 12.1 Å². The van der Waals surface area contributed by atoms with Crippen molar-refractivity contribution in [2.75, 3.05) is 13.2 Å². The zero-order valence-electron chi connectivity index (χ0n) is 16.7. The van der Waals surface area contributed by atoms with Gasteiger partial charge in [0.2, 0.25) is 0 Å². The molecule has 0 bridgehead atoms. The van der Waals surface area contributed by atoms with Crippen molar-refractivity contribution in [2.24, 2.45) is 0 Å². The Hall–Kier alpha value is -1.51. The van der Waals surface area contributed by atoms with Gasteiger partial charge >= 0.3 is 5.97 Å². The first kappa shape index (κ1) is 21.5. The molecule has 0 aliphatic carbocycles. The van der Waals surface area contributed by atoms with Crippen LogP contribution in [-0.2, 0) is 17.6 Å². The Bertz CT molecular complexity index is 508. The van der Waals surface area contributed by atoms with Crippen molar-refractivity contribution in [3.63, 3.8) is 0 Å². The molecule has 3 heteroatoms. The number of aryl methyl sites for hydroxylation is 2. The van der Waals surface area contributed by atoms with E-state index in [2.05, 4.69) is 26.8 Å². The fourth-order valence-corrected chi connectivity index (χ4v) is 2.89. The van der Waals surface area contributed by atoms with E-state index in [-0.39, 0.29) is 5.97 Å². The maximum Gasteiger partial charge on any atom is 0.341 e. The SMILES string of the molecule is CCCCCOc1c(CCCC)cc(CCCC)cc1C(=O)OCC. The number of esters is 1. The molecule has 0 aliphatic heterocycles. The summed E-state index contributed by atoms with van der Waals surface area (Å²) in [6, 6.07) is 4.22. The van der Waals surface area contributed by atoms with E-state index in [0.717, 1.165) is 69.1 Å². The first-order valence-corrected chi connectivity index (χ1v) is 10.1. The molecule has 0 heterocycles. The number of carbonyl (C=O) groups is 1. The Kier molecular flexibility index (Phi) is 11.0. The summed E-state index contributed by atoms with van der Waals surface area (Å²) >= 11 is 0. The molecule has 0 aromatic heterocycles. The summed E-state index contributed by atoms with van der Waals surface area (Å²) in [5, 5.41) is 0. The monoisotopic (exact) mass is 348 g/mol. The highest BCUT2D eigenvalue weighted by molar-refractivity contribution is 5.93. The number of rotatable bonds is 13. The lowest BCUT2D eigenvalue weighted by molar-refractivity contribution is 0.0521. The lowest BCUT2D eigenvalue weighted by Gasteiger charge is -2.17. The molecule has 1 rings (SSSR count). The smallest absolute Gasteiger partial charge is 0.341 e. The molecule has 0 aliphatic rings. The molecule has 142 valence electrons. The fraction of sp³-hybridized carbons (Fsp3) is 0.682. The van der Waals surface area contributed by atoms with Gasteiger partial charge in [0.15, 0.2) is 0 Å². The van der Waals surface area contributed by atoms with Gasteiger partial charge in [-0.2, -0.15) is 0 Å². The summed E-state index contributed by atoms with van der Waals surface area (Å²) in [5.41, 5.74) is 2.99. The Morgan fingerprint density at radius 2 is 1.56 bits per heavy atom. The third kappa shape index (κ3) is 7.50. The highest BCUT2D eigenvalue weighted by Gasteiger charge is 2.19. The summed E-state index contributed by atoms with van der Waals surface area (Å²) in [6.07, 6.45) is 9.78. The Morgan fingerprint density at radius 1 is 0.880 bits per heavy atom. The van der Waals surface area contributed by atoms with Crippen LogP contribution in [0.1, 0.15) is 94.1 Å². The molecule has 0 unspecified atom stereocenters. The van der Waals surface area contributed by atoms with Gasteiger partial charge in [0.25, 0.3) is 0 Å². The first-order valence-electron chi connectivity index (χ1n) is 10.1. The van der Waals surface area contributed by atoms with E-state index in [9.17, 15) is 4.79 Å². The summed E-state index contributed by atoms with van der Waals surface area (Å²) in [6.45, 7) is 9.45. The van der Waals surface area contributed by atoms with Crippen molar-refractivity contribution in [1.29, 1.82) is 0 Å². The molecule has 0 radical (unpaired) electrons. The van der Waals surface area contributed by atoms with E-state index >= 15 is 0 Å². The van der Waals surface area contributed by atoms with E-state index in [0.29, 0.717) is 18.8 Å². The van der Waals surface area contributed by atoms with Gasteiger partial charge in [0, 0.05) is 0 Å². The Morgan fingerprint density at radius 3 is 2.20 bits per heavy atom. The lowest BCUT2D eigenvalue weighted by Crippen LogP contribution is -2.12. The van der Waals surface area contributed by atoms with Gasteiger partial charge in [-0.3, -0.25) is 0 Å². The number of benzene rings is 1. The highest BCUT2D eigenvalue weighted by atomic mass is 16.5. The van der Waals surface area contributed by atoms with Crippen LogP contribution in [0.25, 0.3) is 0 Å². The van der Waals surface area contributed by atoms with E-state index in [1.165, 1.54) is 5.56 Å². The molecule has 3 nitrogen and oxygen atoms in total. The predicted octanol–water partition coefficient (Wildman–Crippen LogP) is 6.12. The molecule has 1 aromatic carbocycles. The molecule has 25 heavy (non-hydrogen) atoms. The molecule has 0 fully saturated rings. The fourth-order valence-electron chi connectivity index (χ4n) is 2.89. The van der Waals surface area contributed by atoms with Crippen LogP contribution in [-0.4, -0.2) is 19.2 Å². The maximum absolute atomic E-state index is 12.5. The molecule has 0 amide bonds. The highest BCUT2D eigenvalue weighted by Crippen LogP contribution is 2.30. The van der Waals surface area contributed by atoms with Gasteiger partial charge in [-0.15, -0.1) is 0 Å². The summed E-state index contributed by atoms with van der Waals surface area (Å²) in [5.74, 6) is 0.493. The van der Waals surface area contributed by atoms with Crippen LogP contribution in [0.2, 0.25) is 0 Å². The minimum atomic E-state index is -0.260. The molecular weight excluding hydrogens is 312 g/mol. The molecule has 0 saturated carbocycles. The number of unbranched alkanes of at least 4 members (excludes halogenated alkanes) is 4. The van der Waals surface area contributed by atoms with Crippen molar-refractivity contribution >= 4 is 5.97 Å². The largest absolute Gasteiger partial charge is 0.492 e. The number of carbonyl (C=O) groups excluding carboxylic acids is 1. The van der Waals surface area contributed by atoms with E-state index < -0.39 is 0 Å². The second-order valence-corrected chi connectivity index (χ2v) is 6.61. The number of ether oxygens (including phenoxy) is 2. The molecule has 0 N–H and O–H groups in total. The Labute approximate surface area is 154 Å². The van der Waals surface area contributed by atoms with Gasteiger partial charge in [0.1, 0.15) is 11.3 Å². The normalized spacial score (nSPS) is 10.7. The molecular formula is C22H36O3. The van der Waals surface area contributed by atoms with Crippen molar-refractivity contribution < 1.29 is 14.3 Å². The molecule has 0 spiro atoms. The van der Waals surface area contributed by atoms with Crippen LogP contribution in [0.3, 0.4) is 0 Å². The summed E-state index contributed by atoms with van der Waals surface area (Å²) in [7, 11) is 0. The zero-order chi connectivity index (χ0) is 18.5. The standard InChI is InChI=1S/C22H36O3/c1-5-9-12-15-25-21-19(14-11-7-3)16-18(13-10-6-2)17-20(21)22(23)24-8-4/h16-17H,5-15H2,1-4H3. The van der Waals surface area contributed by atoms with Gasteiger partial charge in [-0.1, -0.05) is 52.5 Å². The molecule has 1 aromatic rings. The van der Waals surface area contributed by atoms with E-state index in [4.69, 9.17) is 9.47 Å². The topological polar surface area (TPSA) is 35.5 Å². The quantitative estimate of drug-likeness (QED) is 0.318. The average molecular weight is 349 g/mol. The van der Waals surface area contributed by atoms with Crippen molar-refractivity contribution in [1.82, 2.24) is 0 Å². The maximum atomic E-state index is 12.5. The Balaban J connectivity index is 3.15. The van der Waals surface area contributed by atoms with Crippen LogP contribution in [0.5, 0.6) is 5.75 Å². The number of hydrogen-bond acceptors (Lipinski definition) is 3. The van der Waals surface area contributed by atoms with Crippen molar-refractivity contribution in [3.05, 3.63) is 28.8 Å². The summed E-state index contributed by atoms with van der Waals surface area (Å²) in [4.78, 5) is 12.5.